The zero-order valence-electron chi connectivity index (χ0n) is 10.7. The summed E-state index contributed by atoms with van der Waals surface area (Å²) in [7, 11) is 1.52. The van der Waals surface area contributed by atoms with Gasteiger partial charge in [0.2, 0.25) is 0 Å². The van der Waals surface area contributed by atoms with Crippen LogP contribution in [-0.2, 0) is 0 Å². The van der Waals surface area contributed by atoms with Crippen LogP contribution in [0.15, 0.2) is 48.7 Å². The number of benzene rings is 1. The lowest BCUT2D eigenvalue weighted by molar-refractivity contribution is 0.0966. The van der Waals surface area contributed by atoms with Crippen LogP contribution in [0.5, 0.6) is 5.75 Å². The van der Waals surface area contributed by atoms with E-state index in [-0.39, 0.29) is 18.2 Å². The van der Waals surface area contributed by atoms with E-state index in [1.165, 1.54) is 7.11 Å². The van der Waals surface area contributed by atoms with E-state index in [0.29, 0.717) is 11.4 Å². The molecular formula is C15H16N2O2. The van der Waals surface area contributed by atoms with Gasteiger partial charge in [0.15, 0.2) is 5.78 Å². The lowest BCUT2D eigenvalue weighted by Gasteiger charge is -2.12. The zero-order valence-corrected chi connectivity index (χ0v) is 10.7. The van der Waals surface area contributed by atoms with Gasteiger partial charge in [0.05, 0.1) is 7.11 Å². The Morgan fingerprint density at radius 3 is 2.68 bits per heavy atom. The van der Waals surface area contributed by atoms with E-state index in [0.717, 1.165) is 5.56 Å². The number of ketones is 1. The molecule has 0 radical (unpaired) electrons. The van der Waals surface area contributed by atoms with E-state index >= 15 is 0 Å². The summed E-state index contributed by atoms with van der Waals surface area (Å²) in [5, 5.41) is 0. The molecule has 0 aliphatic heterocycles. The molecule has 0 aliphatic rings. The van der Waals surface area contributed by atoms with Crippen molar-refractivity contribution in [1.82, 2.24) is 4.98 Å². The van der Waals surface area contributed by atoms with Crippen molar-refractivity contribution in [2.24, 2.45) is 5.73 Å². The summed E-state index contributed by atoms with van der Waals surface area (Å²) in [6.45, 7) is 0. The van der Waals surface area contributed by atoms with Gasteiger partial charge in [-0.05, 0) is 17.7 Å². The molecule has 0 saturated heterocycles. The minimum Gasteiger partial charge on any atom is -0.494 e. The van der Waals surface area contributed by atoms with E-state index in [4.69, 9.17) is 10.5 Å². The molecule has 2 aromatic rings. The molecule has 0 saturated carbocycles. The molecule has 2 N–H and O–H groups in total. The van der Waals surface area contributed by atoms with Gasteiger partial charge in [-0.15, -0.1) is 0 Å². The summed E-state index contributed by atoms with van der Waals surface area (Å²) < 4.78 is 5.13. The molecule has 2 rings (SSSR count). The van der Waals surface area contributed by atoms with Crippen LogP contribution < -0.4 is 10.5 Å². The maximum Gasteiger partial charge on any atom is 0.186 e. The molecule has 0 aliphatic carbocycles. The van der Waals surface area contributed by atoms with Crippen LogP contribution in [-0.4, -0.2) is 17.9 Å². The number of methoxy groups -OCH3 is 1. The Labute approximate surface area is 112 Å². The summed E-state index contributed by atoms with van der Waals surface area (Å²) in [4.78, 5) is 16.3. The lowest BCUT2D eigenvalue weighted by Crippen LogP contribution is -2.16. The predicted octanol–water partition coefficient (Wildman–Crippen LogP) is 2.36. The summed E-state index contributed by atoms with van der Waals surface area (Å²) >= 11 is 0. The second-order valence-corrected chi connectivity index (χ2v) is 4.20. The summed E-state index contributed by atoms with van der Waals surface area (Å²) in [6.07, 6.45) is 1.78. The monoisotopic (exact) mass is 256 g/mol. The fraction of sp³-hybridized carbons (Fsp3) is 0.200. The lowest BCUT2D eigenvalue weighted by atomic mass is 10.0. The summed E-state index contributed by atoms with van der Waals surface area (Å²) in [6, 6.07) is 12.7. The van der Waals surface area contributed by atoms with E-state index in [9.17, 15) is 4.79 Å². The van der Waals surface area contributed by atoms with Gasteiger partial charge >= 0.3 is 0 Å². The molecule has 0 amide bonds. The fourth-order valence-electron chi connectivity index (χ4n) is 1.88. The van der Waals surface area contributed by atoms with Gasteiger partial charge in [-0.25, -0.2) is 4.98 Å². The molecule has 4 heteroatoms. The van der Waals surface area contributed by atoms with Gasteiger partial charge in [0.25, 0.3) is 0 Å². The molecule has 19 heavy (non-hydrogen) atoms. The number of rotatable bonds is 5. The number of hydrogen-bond acceptors (Lipinski definition) is 4. The van der Waals surface area contributed by atoms with Gasteiger partial charge in [-0.3, -0.25) is 4.79 Å². The van der Waals surface area contributed by atoms with Gasteiger partial charge in [-0.2, -0.15) is 0 Å². The summed E-state index contributed by atoms with van der Waals surface area (Å²) in [5.74, 6) is 0.363. The highest BCUT2D eigenvalue weighted by atomic mass is 16.5. The van der Waals surface area contributed by atoms with Crippen LogP contribution in [0.25, 0.3) is 0 Å². The molecular weight excluding hydrogens is 240 g/mol. The summed E-state index contributed by atoms with van der Waals surface area (Å²) in [5.41, 5.74) is 7.30. The van der Waals surface area contributed by atoms with Crippen molar-refractivity contribution in [2.75, 3.05) is 7.11 Å². The van der Waals surface area contributed by atoms with Crippen LogP contribution in [0.3, 0.4) is 0 Å². The van der Waals surface area contributed by atoms with E-state index in [1.54, 1.807) is 18.3 Å². The quantitative estimate of drug-likeness (QED) is 0.834. The first-order valence-electron chi connectivity index (χ1n) is 6.05. The zero-order chi connectivity index (χ0) is 13.7. The third-order valence-electron chi connectivity index (χ3n) is 2.89. The molecule has 1 aromatic heterocycles. The smallest absolute Gasteiger partial charge is 0.186 e. The maximum absolute atomic E-state index is 12.2. The predicted molar refractivity (Wildman–Crippen MR) is 73.1 cm³/mol. The van der Waals surface area contributed by atoms with Gasteiger partial charge in [-0.1, -0.05) is 30.3 Å². The minimum atomic E-state index is -0.333. The molecule has 98 valence electrons. The SMILES string of the molecule is COc1cccnc1C(=O)CC(N)c1ccccc1. The van der Waals surface area contributed by atoms with Crippen LogP contribution in [0.1, 0.15) is 28.5 Å². The second kappa shape index (κ2) is 6.11. The fourth-order valence-corrected chi connectivity index (χ4v) is 1.88. The number of ether oxygens (including phenoxy) is 1. The average molecular weight is 256 g/mol. The van der Waals surface area contributed by atoms with E-state index in [2.05, 4.69) is 4.98 Å². The Bertz CT molecular complexity index is 555. The first kappa shape index (κ1) is 13.2. The normalized spacial score (nSPS) is 11.9. The first-order chi connectivity index (χ1) is 9.22. The molecule has 0 spiro atoms. The molecule has 1 heterocycles. The van der Waals surface area contributed by atoms with Crippen molar-refractivity contribution in [2.45, 2.75) is 12.5 Å². The first-order valence-corrected chi connectivity index (χ1v) is 6.05. The van der Waals surface area contributed by atoms with Crippen molar-refractivity contribution in [1.29, 1.82) is 0 Å². The van der Waals surface area contributed by atoms with Crippen LogP contribution in [0.2, 0.25) is 0 Å². The number of nitrogens with zero attached hydrogens (tertiary/aromatic N) is 1. The third kappa shape index (κ3) is 3.17. The van der Waals surface area contributed by atoms with Crippen molar-refractivity contribution < 1.29 is 9.53 Å². The number of nitrogens with two attached hydrogens (primary N) is 1. The molecule has 1 unspecified atom stereocenters. The van der Waals surface area contributed by atoms with Gasteiger partial charge in [0.1, 0.15) is 11.4 Å². The third-order valence-corrected chi connectivity index (χ3v) is 2.89. The van der Waals surface area contributed by atoms with E-state index < -0.39 is 0 Å². The number of carbonyl (C=O) groups excluding carboxylic acids is 1. The maximum atomic E-state index is 12.2. The number of carbonyl (C=O) groups is 1. The minimum absolute atomic E-state index is 0.117. The van der Waals surface area contributed by atoms with Crippen molar-refractivity contribution in [3.05, 3.63) is 59.9 Å². The number of pyridine rings is 1. The number of Topliss-reactive ketones (excluding diaryl/α,β-unsaturated/α-hetero) is 1. The van der Waals surface area contributed by atoms with Crippen molar-refractivity contribution >= 4 is 5.78 Å². The Balaban J connectivity index is 2.13. The van der Waals surface area contributed by atoms with Crippen molar-refractivity contribution in [3.63, 3.8) is 0 Å². The Kier molecular flexibility index (Phi) is 4.26. The highest BCUT2D eigenvalue weighted by Crippen LogP contribution is 2.20. The second-order valence-electron chi connectivity index (χ2n) is 4.20. The van der Waals surface area contributed by atoms with Crippen LogP contribution in [0, 0.1) is 0 Å². The standard InChI is InChI=1S/C15H16N2O2/c1-19-14-8-5-9-17-15(14)13(18)10-12(16)11-6-3-2-4-7-11/h2-9,12H,10,16H2,1H3. The van der Waals surface area contributed by atoms with Crippen LogP contribution >= 0.6 is 0 Å². The number of aromatic nitrogens is 1. The average Bonchev–Trinajstić information content (AvgIpc) is 2.48. The largest absolute Gasteiger partial charge is 0.494 e. The molecule has 1 atom stereocenters. The highest BCUT2D eigenvalue weighted by Gasteiger charge is 2.17. The Morgan fingerprint density at radius 2 is 2.00 bits per heavy atom. The number of hydrogen-bond donors (Lipinski definition) is 1. The highest BCUT2D eigenvalue weighted by molar-refractivity contribution is 5.97. The van der Waals surface area contributed by atoms with E-state index in [1.807, 2.05) is 30.3 Å². The molecule has 4 nitrogen and oxygen atoms in total. The van der Waals surface area contributed by atoms with Crippen molar-refractivity contribution in [3.8, 4) is 5.75 Å². The molecule has 0 fully saturated rings. The van der Waals surface area contributed by atoms with Gasteiger partial charge in [0, 0.05) is 18.7 Å². The Hall–Kier alpha value is -2.20. The van der Waals surface area contributed by atoms with Crippen LogP contribution in [0.4, 0.5) is 0 Å². The van der Waals surface area contributed by atoms with Gasteiger partial charge < -0.3 is 10.5 Å². The topological polar surface area (TPSA) is 65.2 Å². The molecule has 0 bridgehead atoms. The molecule has 1 aromatic carbocycles. The Morgan fingerprint density at radius 1 is 1.26 bits per heavy atom.